The number of carbonyl (C=O) groups is 1. The van der Waals surface area contributed by atoms with Gasteiger partial charge in [-0.15, -0.1) is 0 Å². The van der Waals surface area contributed by atoms with Gasteiger partial charge >= 0.3 is 0 Å². The molecule has 0 unspecified atom stereocenters. The molecule has 3 rings (SSSR count). The molecule has 0 radical (unpaired) electrons. The van der Waals surface area contributed by atoms with E-state index >= 15 is 0 Å². The Morgan fingerprint density at radius 3 is 2.78 bits per heavy atom. The number of amides is 1. The maximum atomic E-state index is 12.4. The van der Waals surface area contributed by atoms with E-state index in [1.165, 1.54) is 25.7 Å². The third kappa shape index (κ3) is 2.05. The molecule has 2 fully saturated rings. The molecule has 1 heterocycles. The van der Waals surface area contributed by atoms with E-state index in [4.69, 9.17) is 5.73 Å². The van der Waals surface area contributed by atoms with Crippen molar-refractivity contribution in [1.29, 1.82) is 0 Å². The topological polar surface area (TPSA) is 60.0 Å². The fraction of sp³-hybridized carbons (Fsp3) is 0.643. The number of hydrogen-bond acceptors (Lipinski definition) is 2. The van der Waals surface area contributed by atoms with Crippen molar-refractivity contribution >= 4 is 5.91 Å². The second-order valence-electron chi connectivity index (χ2n) is 5.68. The quantitative estimate of drug-likeness (QED) is 0.852. The Kier molecular flexibility index (Phi) is 2.90. The summed E-state index contributed by atoms with van der Waals surface area (Å²) >= 11 is 0. The first-order valence-electron chi connectivity index (χ1n) is 6.93. The average molecular weight is 247 g/mol. The predicted molar refractivity (Wildman–Crippen MR) is 70.4 cm³/mol. The molecule has 1 aromatic rings. The number of aromatic nitrogens is 1. The lowest BCUT2D eigenvalue weighted by atomic mass is 9.97. The van der Waals surface area contributed by atoms with E-state index in [-0.39, 0.29) is 11.4 Å². The van der Waals surface area contributed by atoms with E-state index in [0.29, 0.717) is 12.6 Å². The molecule has 4 heteroatoms. The summed E-state index contributed by atoms with van der Waals surface area (Å²) in [4.78, 5) is 12.4. The van der Waals surface area contributed by atoms with Crippen LogP contribution in [0.5, 0.6) is 0 Å². The van der Waals surface area contributed by atoms with Crippen LogP contribution in [0.4, 0.5) is 0 Å². The summed E-state index contributed by atoms with van der Waals surface area (Å²) in [5.74, 6) is 0.0410. The van der Waals surface area contributed by atoms with Gasteiger partial charge in [0.15, 0.2) is 0 Å². The molecule has 2 saturated carbocycles. The standard InChI is InChI=1S/C14H21N3O/c15-10-14(7-1-2-8-14)16-13(18)12-4-3-9-17(12)11-5-6-11/h3-4,9,11H,1-2,5-8,10,15H2,(H,16,18). The Morgan fingerprint density at radius 2 is 2.17 bits per heavy atom. The maximum Gasteiger partial charge on any atom is 0.268 e. The van der Waals surface area contributed by atoms with Crippen LogP contribution < -0.4 is 11.1 Å². The van der Waals surface area contributed by atoms with Crippen molar-refractivity contribution in [1.82, 2.24) is 9.88 Å². The minimum atomic E-state index is -0.157. The van der Waals surface area contributed by atoms with Crippen molar-refractivity contribution in [2.75, 3.05) is 6.54 Å². The lowest BCUT2D eigenvalue weighted by Gasteiger charge is -2.28. The van der Waals surface area contributed by atoms with Gasteiger partial charge in [0, 0.05) is 18.8 Å². The van der Waals surface area contributed by atoms with Gasteiger partial charge in [0.2, 0.25) is 0 Å². The largest absolute Gasteiger partial charge is 0.344 e. The van der Waals surface area contributed by atoms with Gasteiger partial charge in [-0.25, -0.2) is 0 Å². The lowest BCUT2D eigenvalue weighted by molar-refractivity contribution is 0.0893. The third-order valence-electron chi connectivity index (χ3n) is 4.28. The summed E-state index contributed by atoms with van der Waals surface area (Å²) in [5, 5.41) is 3.18. The average Bonchev–Trinajstić information content (AvgIpc) is 2.93. The Hall–Kier alpha value is -1.29. The highest BCUT2D eigenvalue weighted by Gasteiger charge is 2.35. The second-order valence-corrected chi connectivity index (χ2v) is 5.68. The van der Waals surface area contributed by atoms with Gasteiger partial charge in [0.1, 0.15) is 5.69 Å². The Balaban J connectivity index is 1.75. The van der Waals surface area contributed by atoms with Crippen LogP contribution in [0.2, 0.25) is 0 Å². The van der Waals surface area contributed by atoms with Crippen molar-refractivity contribution in [3.63, 3.8) is 0 Å². The van der Waals surface area contributed by atoms with Crippen LogP contribution in [0, 0.1) is 0 Å². The number of rotatable bonds is 4. The Morgan fingerprint density at radius 1 is 1.44 bits per heavy atom. The van der Waals surface area contributed by atoms with Gasteiger partial charge in [0.25, 0.3) is 5.91 Å². The summed E-state index contributed by atoms with van der Waals surface area (Å²) in [5.41, 5.74) is 6.49. The molecule has 3 N–H and O–H groups in total. The van der Waals surface area contributed by atoms with E-state index in [9.17, 15) is 4.79 Å². The van der Waals surface area contributed by atoms with Crippen LogP contribution in [0.25, 0.3) is 0 Å². The van der Waals surface area contributed by atoms with Crippen LogP contribution in [-0.2, 0) is 0 Å². The fourth-order valence-electron chi connectivity index (χ4n) is 2.99. The van der Waals surface area contributed by atoms with Crippen molar-refractivity contribution in [3.05, 3.63) is 24.0 Å². The number of nitrogens with zero attached hydrogens (tertiary/aromatic N) is 1. The highest BCUT2D eigenvalue weighted by atomic mass is 16.2. The molecule has 0 aliphatic heterocycles. The number of hydrogen-bond donors (Lipinski definition) is 2. The zero-order valence-corrected chi connectivity index (χ0v) is 10.7. The van der Waals surface area contributed by atoms with Crippen LogP contribution in [0.1, 0.15) is 55.1 Å². The van der Waals surface area contributed by atoms with Gasteiger partial charge in [0.05, 0.1) is 5.54 Å². The SMILES string of the molecule is NCC1(NC(=O)c2cccn2C2CC2)CCCC1. The first-order valence-corrected chi connectivity index (χ1v) is 6.93. The second kappa shape index (κ2) is 4.43. The minimum absolute atomic E-state index is 0.0410. The van der Waals surface area contributed by atoms with E-state index < -0.39 is 0 Å². The van der Waals surface area contributed by atoms with Crippen LogP contribution >= 0.6 is 0 Å². The zero-order chi connectivity index (χ0) is 12.6. The summed E-state index contributed by atoms with van der Waals surface area (Å²) < 4.78 is 2.11. The van der Waals surface area contributed by atoms with Gasteiger partial charge < -0.3 is 15.6 Å². The number of nitrogens with two attached hydrogens (primary N) is 1. The summed E-state index contributed by atoms with van der Waals surface area (Å²) in [7, 11) is 0. The third-order valence-corrected chi connectivity index (χ3v) is 4.28. The van der Waals surface area contributed by atoms with Crippen LogP contribution in [0.3, 0.4) is 0 Å². The molecular weight excluding hydrogens is 226 g/mol. The van der Waals surface area contributed by atoms with Crippen molar-refractivity contribution in [3.8, 4) is 0 Å². The molecular formula is C14H21N3O. The lowest BCUT2D eigenvalue weighted by Crippen LogP contribution is -2.52. The molecule has 2 aliphatic carbocycles. The minimum Gasteiger partial charge on any atom is -0.344 e. The molecule has 2 aliphatic rings. The molecule has 4 nitrogen and oxygen atoms in total. The predicted octanol–water partition coefficient (Wildman–Crippen LogP) is 1.82. The van der Waals surface area contributed by atoms with Crippen molar-refractivity contribution in [2.24, 2.45) is 5.73 Å². The zero-order valence-electron chi connectivity index (χ0n) is 10.7. The summed E-state index contributed by atoms with van der Waals surface area (Å²) in [6, 6.07) is 4.40. The van der Waals surface area contributed by atoms with Gasteiger partial charge in [-0.2, -0.15) is 0 Å². The van der Waals surface area contributed by atoms with Gasteiger partial charge in [-0.3, -0.25) is 4.79 Å². The molecule has 0 saturated heterocycles. The Bertz CT molecular complexity index is 442. The van der Waals surface area contributed by atoms with Crippen molar-refractivity contribution < 1.29 is 4.79 Å². The molecule has 0 bridgehead atoms. The first-order chi connectivity index (χ1) is 8.74. The van der Waals surface area contributed by atoms with E-state index in [1.807, 2.05) is 18.3 Å². The van der Waals surface area contributed by atoms with Crippen molar-refractivity contribution in [2.45, 2.75) is 50.1 Å². The van der Waals surface area contributed by atoms with Gasteiger partial charge in [-0.1, -0.05) is 12.8 Å². The van der Waals surface area contributed by atoms with E-state index in [0.717, 1.165) is 18.5 Å². The fourth-order valence-corrected chi connectivity index (χ4v) is 2.99. The smallest absolute Gasteiger partial charge is 0.268 e. The van der Waals surface area contributed by atoms with Crippen LogP contribution in [0.15, 0.2) is 18.3 Å². The number of nitrogens with one attached hydrogen (secondary N) is 1. The first kappa shape index (κ1) is 11.8. The monoisotopic (exact) mass is 247 g/mol. The maximum absolute atomic E-state index is 12.4. The highest BCUT2D eigenvalue weighted by molar-refractivity contribution is 5.93. The molecule has 0 atom stereocenters. The molecule has 18 heavy (non-hydrogen) atoms. The summed E-state index contributed by atoms with van der Waals surface area (Å²) in [6.07, 6.45) is 8.76. The molecule has 1 amide bonds. The van der Waals surface area contributed by atoms with Gasteiger partial charge in [-0.05, 0) is 37.8 Å². The van der Waals surface area contributed by atoms with Crippen LogP contribution in [-0.4, -0.2) is 22.6 Å². The number of carbonyl (C=O) groups excluding carboxylic acids is 1. The molecule has 1 aromatic heterocycles. The van der Waals surface area contributed by atoms with E-state index in [1.54, 1.807) is 0 Å². The summed E-state index contributed by atoms with van der Waals surface area (Å²) in [6.45, 7) is 0.545. The normalized spacial score (nSPS) is 22.1. The molecule has 0 spiro atoms. The molecule has 98 valence electrons. The van der Waals surface area contributed by atoms with E-state index in [2.05, 4.69) is 9.88 Å². The highest BCUT2D eigenvalue weighted by Crippen LogP contribution is 2.36. The Labute approximate surface area is 108 Å². The molecule has 0 aromatic carbocycles.